The SMILES string of the molecule is O=c1[nH]cnc(NC2CCS(=O)(=O)CC2)c1Cl. The van der Waals surface area contributed by atoms with Gasteiger partial charge >= 0.3 is 0 Å². The van der Waals surface area contributed by atoms with Gasteiger partial charge in [0.05, 0.1) is 17.8 Å². The largest absolute Gasteiger partial charge is 0.366 e. The average molecular weight is 278 g/mol. The Kier molecular flexibility index (Phi) is 3.39. The number of rotatable bonds is 2. The van der Waals surface area contributed by atoms with Gasteiger partial charge in [0, 0.05) is 6.04 Å². The Balaban J connectivity index is 2.08. The van der Waals surface area contributed by atoms with Crippen molar-refractivity contribution in [3.05, 3.63) is 21.7 Å². The maximum Gasteiger partial charge on any atom is 0.271 e. The van der Waals surface area contributed by atoms with Crippen molar-refractivity contribution >= 4 is 27.3 Å². The van der Waals surface area contributed by atoms with Crippen LogP contribution in [0.4, 0.5) is 5.82 Å². The maximum atomic E-state index is 11.2. The third-order valence-electron chi connectivity index (χ3n) is 2.69. The van der Waals surface area contributed by atoms with Gasteiger partial charge in [0.25, 0.3) is 5.56 Å². The average Bonchev–Trinajstić information content (AvgIpc) is 2.27. The molecule has 0 unspecified atom stereocenters. The number of anilines is 1. The summed E-state index contributed by atoms with van der Waals surface area (Å²) in [5, 5.41) is 3.00. The zero-order valence-electron chi connectivity index (χ0n) is 8.94. The second-order valence-corrected chi connectivity index (χ2v) is 6.65. The monoisotopic (exact) mass is 277 g/mol. The number of hydrogen-bond donors (Lipinski definition) is 2. The highest BCUT2D eigenvalue weighted by atomic mass is 35.5. The van der Waals surface area contributed by atoms with E-state index in [1.165, 1.54) is 6.33 Å². The van der Waals surface area contributed by atoms with Crippen LogP contribution >= 0.6 is 11.6 Å². The molecule has 17 heavy (non-hydrogen) atoms. The van der Waals surface area contributed by atoms with Crippen molar-refractivity contribution in [2.45, 2.75) is 18.9 Å². The summed E-state index contributed by atoms with van der Waals surface area (Å²) in [5.74, 6) is 0.622. The molecule has 2 N–H and O–H groups in total. The molecule has 1 aromatic rings. The number of nitrogens with one attached hydrogen (secondary N) is 2. The summed E-state index contributed by atoms with van der Waals surface area (Å²) >= 11 is 5.78. The fourth-order valence-electron chi connectivity index (χ4n) is 1.71. The third kappa shape index (κ3) is 2.98. The van der Waals surface area contributed by atoms with E-state index < -0.39 is 15.4 Å². The normalized spacial score (nSPS) is 20.1. The summed E-state index contributed by atoms with van der Waals surface area (Å²) in [7, 11) is -2.89. The Morgan fingerprint density at radius 3 is 2.71 bits per heavy atom. The van der Waals surface area contributed by atoms with E-state index in [0.717, 1.165) is 0 Å². The molecule has 6 nitrogen and oxygen atoms in total. The van der Waals surface area contributed by atoms with Crippen LogP contribution < -0.4 is 10.9 Å². The zero-order chi connectivity index (χ0) is 12.5. The molecule has 1 saturated heterocycles. The van der Waals surface area contributed by atoms with E-state index in [4.69, 9.17) is 11.6 Å². The van der Waals surface area contributed by atoms with Crippen LogP contribution in [0.15, 0.2) is 11.1 Å². The standard InChI is InChI=1S/C9H12ClN3O3S/c10-7-8(11-5-12-9(7)14)13-6-1-3-17(15,16)4-2-6/h5-6H,1-4H2,(H2,11,12,13,14). The first-order valence-corrected chi connectivity index (χ1v) is 7.38. The number of aromatic amines is 1. The van der Waals surface area contributed by atoms with E-state index in [1.54, 1.807) is 0 Å². The number of hydrogen-bond acceptors (Lipinski definition) is 5. The molecule has 2 heterocycles. The van der Waals surface area contributed by atoms with Crippen LogP contribution in [-0.2, 0) is 9.84 Å². The summed E-state index contributed by atoms with van der Waals surface area (Å²) in [6.07, 6.45) is 2.27. The first-order chi connectivity index (χ1) is 7.98. The van der Waals surface area contributed by atoms with Gasteiger partial charge < -0.3 is 10.3 Å². The van der Waals surface area contributed by atoms with Crippen LogP contribution in [-0.4, -0.2) is 35.9 Å². The molecule has 0 saturated carbocycles. The number of nitrogens with zero attached hydrogens (tertiary/aromatic N) is 1. The van der Waals surface area contributed by atoms with Gasteiger partial charge in [-0.25, -0.2) is 13.4 Å². The highest BCUT2D eigenvalue weighted by Gasteiger charge is 2.24. The van der Waals surface area contributed by atoms with Gasteiger partial charge in [0.15, 0.2) is 5.82 Å². The van der Waals surface area contributed by atoms with E-state index >= 15 is 0 Å². The number of halogens is 1. The van der Waals surface area contributed by atoms with Crippen molar-refractivity contribution in [2.75, 3.05) is 16.8 Å². The molecule has 1 aromatic heterocycles. The van der Waals surface area contributed by atoms with Crippen molar-refractivity contribution < 1.29 is 8.42 Å². The number of H-pyrrole nitrogens is 1. The minimum absolute atomic E-state index is 0.000862. The molecular formula is C9H12ClN3O3S. The van der Waals surface area contributed by atoms with Crippen molar-refractivity contribution in [3.8, 4) is 0 Å². The lowest BCUT2D eigenvalue weighted by Gasteiger charge is -2.23. The van der Waals surface area contributed by atoms with Gasteiger partial charge in [-0.3, -0.25) is 4.79 Å². The lowest BCUT2D eigenvalue weighted by atomic mass is 10.1. The highest BCUT2D eigenvalue weighted by molar-refractivity contribution is 7.91. The van der Waals surface area contributed by atoms with Gasteiger partial charge in [-0.1, -0.05) is 11.6 Å². The zero-order valence-corrected chi connectivity index (χ0v) is 10.5. The van der Waals surface area contributed by atoms with Crippen LogP contribution in [0.1, 0.15) is 12.8 Å². The Bertz CT molecular complexity index is 555. The minimum atomic E-state index is -2.89. The first kappa shape index (κ1) is 12.4. The van der Waals surface area contributed by atoms with Crippen LogP contribution in [0.2, 0.25) is 5.02 Å². The predicted molar refractivity (Wildman–Crippen MR) is 65.2 cm³/mol. The molecule has 0 aliphatic carbocycles. The van der Waals surface area contributed by atoms with Crippen molar-refractivity contribution in [1.82, 2.24) is 9.97 Å². The second-order valence-electron chi connectivity index (χ2n) is 3.96. The molecule has 1 fully saturated rings. The maximum absolute atomic E-state index is 11.2. The highest BCUT2D eigenvalue weighted by Crippen LogP contribution is 2.19. The van der Waals surface area contributed by atoms with Crippen LogP contribution in [0.5, 0.6) is 0 Å². The first-order valence-electron chi connectivity index (χ1n) is 5.18. The van der Waals surface area contributed by atoms with E-state index in [-0.39, 0.29) is 22.6 Å². The number of sulfone groups is 1. The van der Waals surface area contributed by atoms with Crippen LogP contribution in [0.25, 0.3) is 0 Å². The van der Waals surface area contributed by atoms with E-state index in [9.17, 15) is 13.2 Å². The Labute approximate surface area is 103 Å². The lowest BCUT2D eigenvalue weighted by molar-refractivity contribution is 0.559. The van der Waals surface area contributed by atoms with Gasteiger partial charge in [0.1, 0.15) is 14.9 Å². The third-order valence-corrected chi connectivity index (χ3v) is 4.76. The number of aromatic nitrogens is 2. The second kappa shape index (κ2) is 4.66. The molecule has 2 rings (SSSR count). The smallest absolute Gasteiger partial charge is 0.271 e. The molecule has 1 aliphatic rings. The fraction of sp³-hybridized carbons (Fsp3) is 0.556. The molecule has 0 atom stereocenters. The van der Waals surface area contributed by atoms with E-state index in [0.29, 0.717) is 18.7 Å². The summed E-state index contributed by atoms with van der Waals surface area (Å²) < 4.78 is 22.5. The Morgan fingerprint density at radius 2 is 2.06 bits per heavy atom. The van der Waals surface area contributed by atoms with Gasteiger partial charge in [-0.2, -0.15) is 0 Å². The molecule has 0 amide bonds. The van der Waals surface area contributed by atoms with E-state index in [2.05, 4.69) is 15.3 Å². The van der Waals surface area contributed by atoms with Crippen molar-refractivity contribution in [3.63, 3.8) is 0 Å². The molecule has 0 aromatic carbocycles. The minimum Gasteiger partial charge on any atom is -0.366 e. The van der Waals surface area contributed by atoms with Gasteiger partial charge in [-0.05, 0) is 12.8 Å². The topological polar surface area (TPSA) is 91.9 Å². The van der Waals surface area contributed by atoms with Crippen molar-refractivity contribution in [2.24, 2.45) is 0 Å². The van der Waals surface area contributed by atoms with Crippen LogP contribution in [0, 0.1) is 0 Å². The van der Waals surface area contributed by atoms with Crippen LogP contribution in [0.3, 0.4) is 0 Å². The molecule has 0 radical (unpaired) electrons. The lowest BCUT2D eigenvalue weighted by Crippen LogP contribution is -2.32. The van der Waals surface area contributed by atoms with E-state index in [1.807, 2.05) is 0 Å². The molecule has 0 spiro atoms. The van der Waals surface area contributed by atoms with Gasteiger partial charge in [0.2, 0.25) is 0 Å². The molecule has 0 bridgehead atoms. The molecule has 8 heteroatoms. The predicted octanol–water partition coefficient (Wildman–Crippen LogP) is 0.412. The Hall–Kier alpha value is -1.08. The summed E-state index contributed by atoms with van der Waals surface area (Å²) in [4.78, 5) is 17.5. The Morgan fingerprint density at radius 1 is 1.41 bits per heavy atom. The quantitative estimate of drug-likeness (QED) is 0.817. The van der Waals surface area contributed by atoms with Crippen molar-refractivity contribution in [1.29, 1.82) is 0 Å². The van der Waals surface area contributed by atoms with Gasteiger partial charge in [-0.15, -0.1) is 0 Å². The summed E-state index contributed by atoms with van der Waals surface area (Å²) in [5.41, 5.74) is -0.410. The summed E-state index contributed by atoms with van der Waals surface area (Å²) in [6.45, 7) is 0. The molecule has 1 aliphatic heterocycles. The fourth-order valence-corrected chi connectivity index (χ4v) is 3.36. The summed E-state index contributed by atoms with van der Waals surface area (Å²) in [6, 6.07) is -0.00896. The molecule has 94 valence electrons. The molecular weight excluding hydrogens is 266 g/mol.